The van der Waals surface area contributed by atoms with Crippen molar-refractivity contribution in [3.05, 3.63) is 64.5 Å². The van der Waals surface area contributed by atoms with E-state index in [0.29, 0.717) is 23.2 Å². The molecular formula is C19H18ClN3O2. The van der Waals surface area contributed by atoms with E-state index in [4.69, 9.17) is 16.1 Å². The van der Waals surface area contributed by atoms with Crippen LogP contribution in [0.25, 0.3) is 11.4 Å². The number of nitrogens with zero attached hydrogens (tertiary/aromatic N) is 2. The first kappa shape index (κ1) is 17.2. The van der Waals surface area contributed by atoms with Crippen molar-refractivity contribution in [1.29, 1.82) is 0 Å². The highest BCUT2D eigenvalue weighted by Crippen LogP contribution is 2.19. The zero-order valence-corrected chi connectivity index (χ0v) is 14.8. The summed E-state index contributed by atoms with van der Waals surface area (Å²) in [5.74, 6) is 0.830. The Balaban J connectivity index is 1.57. The largest absolute Gasteiger partial charge is 0.339 e. The number of aryl methyl sites for hydroxylation is 3. The highest BCUT2D eigenvalue weighted by molar-refractivity contribution is 6.30. The molecule has 0 aliphatic carbocycles. The summed E-state index contributed by atoms with van der Waals surface area (Å²) in [6, 6.07) is 13.0. The average molecular weight is 356 g/mol. The Labute approximate surface area is 151 Å². The second-order valence-corrected chi connectivity index (χ2v) is 6.30. The molecule has 1 amide bonds. The number of aromatic nitrogens is 2. The fourth-order valence-corrected chi connectivity index (χ4v) is 2.46. The van der Waals surface area contributed by atoms with Crippen LogP contribution in [0.5, 0.6) is 0 Å². The van der Waals surface area contributed by atoms with Gasteiger partial charge in [-0.1, -0.05) is 22.8 Å². The third-order valence-corrected chi connectivity index (χ3v) is 4.18. The van der Waals surface area contributed by atoms with E-state index in [2.05, 4.69) is 15.5 Å². The van der Waals surface area contributed by atoms with Crippen LogP contribution in [0.2, 0.25) is 5.02 Å². The smallest absolute Gasteiger partial charge is 0.227 e. The molecule has 1 aromatic heterocycles. The van der Waals surface area contributed by atoms with Crippen LogP contribution in [0.1, 0.15) is 23.4 Å². The quantitative estimate of drug-likeness (QED) is 0.727. The third-order valence-electron chi connectivity index (χ3n) is 3.93. The van der Waals surface area contributed by atoms with E-state index in [1.54, 1.807) is 12.1 Å². The minimum atomic E-state index is -0.0884. The Morgan fingerprint density at radius 1 is 1.12 bits per heavy atom. The predicted molar refractivity (Wildman–Crippen MR) is 97.6 cm³/mol. The molecule has 1 N–H and O–H groups in total. The molecule has 0 atom stereocenters. The molecule has 0 saturated heterocycles. The van der Waals surface area contributed by atoms with E-state index in [1.807, 2.05) is 44.2 Å². The van der Waals surface area contributed by atoms with Crippen molar-refractivity contribution in [2.45, 2.75) is 26.7 Å². The zero-order valence-electron chi connectivity index (χ0n) is 14.0. The van der Waals surface area contributed by atoms with Gasteiger partial charge in [0.2, 0.25) is 17.6 Å². The summed E-state index contributed by atoms with van der Waals surface area (Å²) in [4.78, 5) is 16.4. The number of benzene rings is 2. The number of anilines is 1. The first-order valence-electron chi connectivity index (χ1n) is 7.97. The summed E-state index contributed by atoms with van der Waals surface area (Å²) in [7, 11) is 0. The summed E-state index contributed by atoms with van der Waals surface area (Å²) in [6.45, 7) is 4.05. The lowest BCUT2D eigenvalue weighted by molar-refractivity contribution is -0.116. The number of carbonyl (C=O) groups is 1. The van der Waals surface area contributed by atoms with Crippen LogP contribution >= 0.6 is 11.6 Å². The van der Waals surface area contributed by atoms with Crippen molar-refractivity contribution in [3.8, 4) is 11.4 Å². The summed E-state index contributed by atoms with van der Waals surface area (Å²) in [6.07, 6.45) is 0.659. The van der Waals surface area contributed by atoms with Gasteiger partial charge in [0.15, 0.2) is 0 Å². The maximum absolute atomic E-state index is 12.1. The van der Waals surface area contributed by atoms with Gasteiger partial charge in [0.05, 0.1) is 0 Å². The van der Waals surface area contributed by atoms with Crippen molar-refractivity contribution in [2.75, 3.05) is 5.32 Å². The lowest BCUT2D eigenvalue weighted by Gasteiger charge is -2.06. The molecule has 0 radical (unpaired) electrons. The topological polar surface area (TPSA) is 68.0 Å². The van der Waals surface area contributed by atoms with Crippen LogP contribution in [0.3, 0.4) is 0 Å². The van der Waals surface area contributed by atoms with E-state index in [1.165, 1.54) is 5.56 Å². The van der Waals surface area contributed by atoms with E-state index >= 15 is 0 Å². The molecule has 0 spiro atoms. The Morgan fingerprint density at radius 3 is 2.60 bits per heavy atom. The molecule has 5 nitrogen and oxygen atoms in total. The summed E-state index contributed by atoms with van der Waals surface area (Å²) in [5, 5.41) is 7.47. The number of amides is 1. The normalized spacial score (nSPS) is 10.7. The molecule has 0 unspecified atom stereocenters. The molecule has 0 saturated carbocycles. The summed E-state index contributed by atoms with van der Waals surface area (Å²) >= 11 is 5.87. The minimum Gasteiger partial charge on any atom is -0.339 e. The Kier molecular flexibility index (Phi) is 5.14. The number of nitrogens with one attached hydrogen (secondary N) is 1. The maximum atomic E-state index is 12.1. The maximum Gasteiger partial charge on any atom is 0.227 e. The van der Waals surface area contributed by atoms with E-state index in [9.17, 15) is 4.79 Å². The molecule has 25 heavy (non-hydrogen) atoms. The second kappa shape index (κ2) is 7.49. The first-order chi connectivity index (χ1) is 12.0. The van der Waals surface area contributed by atoms with Crippen molar-refractivity contribution >= 4 is 23.2 Å². The van der Waals surface area contributed by atoms with Gasteiger partial charge in [-0.2, -0.15) is 4.98 Å². The second-order valence-electron chi connectivity index (χ2n) is 5.87. The van der Waals surface area contributed by atoms with Crippen LogP contribution in [-0.2, 0) is 11.2 Å². The number of hydrogen-bond donors (Lipinski definition) is 1. The van der Waals surface area contributed by atoms with Crippen LogP contribution in [0.15, 0.2) is 47.0 Å². The molecule has 0 aliphatic heterocycles. The molecule has 6 heteroatoms. The van der Waals surface area contributed by atoms with Gasteiger partial charge >= 0.3 is 0 Å². The van der Waals surface area contributed by atoms with Crippen molar-refractivity contribution in [2.24, 2.45) is 0 Å². The standard InChI is InChI=1S/C19H18ClN3O2/c1-12-3-8-16(11-13(12)2)21-17(24)9-10-18-22-19(23-25-18)14-4-6-15(20)7-5-14/h3-8,11H,9-10H2,1-2H3,(H,21,24). The molecule has 2 aromatic carbocycles. The van der Waals surface area contributed by atoms with Gasteiger partial charge in [0.1, 0.15) is 0 Å². The van der Waals surface area contributed by atoms with Gasteiger partial charge < -0.3 is 9.84 Å². The van der Waals surface area contributed by atoms with Gasteiger partial charge in [-0.25, -0.2) is 0 Å². The number of halogens is 1. The molecule has 128 valence electrons. The molecule has 3 rings (SSSR count). The average Bonchev–Trinajstić information content (AvgIpc) is 3.06. The molecule has 0 fully saturated rings. The Morgan fingerprint density at radius 2 is 1.88 bits per heavy atom. The number of hydrogen-bond acceptors (Lipinski definition) is 4. The minimum absolute atomic E-state index is 0.0884. The van der Waals surface area contributed by atoms with Crippen molar-refractivity contribution in [3.63, 3.8) is 0 Å². The van der Waals surface area contributed by atoms with Gasteiger partial charge in [-0.15, -0.1) is 0 Å². The molecular weight excluding hydrogens is 338 g/mol. The molecule has 1 heterocycles. The van der Waals surface area contributed by atoms with Crippen LogP contribution in [0.4, 0.5) is 5.69 Å². The number of carbonyl (C=O) groups excluding carboxylic acids is 1. The Hall–Kier alpha value is -2.66. The fraction of sp³-hybridized carbons (Fsp3) is 0.211. The highest BCUT2D eigenvalue weighted by atomic mass is 35.5. The Bertz CT molecular complexity index is 888. The molecule has 0 bridgehead atoms. The number of rotatable bonds is 5. The van der Waals surface area contributed by atoms with Crippen molar-refractivity contribution in [1.82, 2.24) is 10.1 Å². The SMILES string of the molecule is Cc1ccc(NC(=O)CCc2nc(-c3ccc(Cl)cc3)no2)cc1C. The van der Waals surface area contributed by atoms with Gasteiger partial charge in [0, 0.05) is 29.1 Å². The first-order valence-corrected chi connectivity index (χ1v) is 8.35. The van der Waals surface area contributed by atoms with Gasteiger partial charge in [0.25, 0.3) is 0 Å². The third kappa shape index (κ3) is 4.45. The lowest BCUT2D eigenvalue weighted by atomic mass is 10.1. The van der Waals surface area contributed by atoms with Crippen LogP contribution < -0.4 is 5.32 Å². The van der Waals surface area contributed by atoms with E-state index in [-0.39, 0.29) is 12.3 Å². The highest BCUT2D eigenvalue weighted by Gasteiger charge is 2.11. The van der Waals surface area contributed by atoms with Crippen LogP contribution in [-0.4, -0.2) is 16.0 Å². The molecule has 0 aliphatic rings. The lowest BCUT2D eigenvalue weighted by Crippen LogP contribution is -2.12. The van der Waals surface area contributed by atoms with Crippen molar-refractivity contribution < 1.29 is 9.32 Å². The zero-order chi connectivity index (χ0) is 17.8. The monoisotopic (exact) mass is 355 g/mol. The fourth-order valence-electron chi connectivity index (χ4n) is 2.34. The molecule has 3 aromatic rings. The van der Waals surface area contributed by atoms with E-state index in [0.717, 1.165) is 16.8 Å². The van der Waals surface area contributed by atoms with Crippen LogP contribution in [0, 0.1) is 13.8 Å². The van der Waals surface area contributed by atoms with E-state index < -0.39 is 0 Å². The summed E-state index contributed by atoms with van der Waals surface area (Å²) in [5.41, 5.74) is 3.94. The van der Waals surface area contributed by atoms with Gasteiger partial charge in [-0.3, -0.25) is 4.79 Å². The summed E-state index contributed by atoms with van der Waals surface area (Å²) < 4.78 is 5.21. The van der Waals surface area contributed by atoms with Gasteiger partial charge in [-0.05, 0) is 61.4 Å². The predicted octanol–water partition coefficient (Wildman–Crippen LogP) is 4.58.